The lowest BCUT2D eigenvalue weighted by Crippen LogP contribution is -2.01. The number of hydrogen-bond acceptors (Lipinski definition) is 3. The first-order valence-corrected chi connectivity index (χ1v) is 19.1. The highest BCUT2D eigenvalue weighted by atomic mass is 16.5. The van der Waals surface area contributed by atoms with Crippen LogP contribution >= 0.6 is 0 Å². The molecule has 4 aromatic rings. The van der Waals surface area contributed by atoms with Gasteiger partial charge in [-0.2, -0.15) is 0 Å². The van der Waals surface area contributed by atoms with E-state index in [2.05, 4.69) is 90.8 Å². The number of hydrogen-bond donors (Lipinski definition) is 0. The molecule has 0 fully saturated rings. The van der Waals surface area contributed by atoms with Crippen LogP contribution in [0.2, 0.25) is 0 Å². The summed E-state index contributed by atoms with van der Waals surface area (Å²) in [4.78, 5) is 9.34. The normalized spacial score (nSPS) is 11.6. The van der Waals surface area contributed by atoms with E-state index >= 15 is 0 Å². The van der Waals surface area contributed by atoms with Gasteiger partial charge in [-0.15, -0.1) is 0 Å². The number of pyridine rings is 1. The van der Waals surface area contributed by atoms with E-state index in [0.717, 1.165) is 58.0 Å². The Morgan fingerprint density at radius 2 is 1.02 bits per heavy atom. The van der Waals surface area contributed by atoms with Gasteiger partial charge < -0.3 is 4.74 Å². The van der Waals surface area contributed by atoms with Gasteiger partial charge in [-0.05, 0) is 42.7 Å². The smallest absolute Gasteiger partial charge is 0.135 e. The molecule has 0 saturated heterocycles. The Morgan fingerprint density at radius 1 is 0.562 bits per heavy atom. The predicted molar refractivity (Wildman–Crippen MR) is 208 cm³/mol. The first kappa shape index (κ1) is 37.1. The summed E-state index contributed by atoms with van der Waals surface area (Å²) in [5.74, 6) is 0.942. The Labute approximate surface area is 292 Å². The van der Waals surface area contributed by atoms with Crippen molar-refractivity contribution in [2.75, 3.05) is 6.61 Å². The van der Waals surface area contributed by atoms with E-state index < -0.39 is 0 Å². The van der Waals surface area contributed by atoms with Crippen molar-refractivity contribution in [2.45, 2.75) is 129 Å². The van der Waals surface area contributed by atoms with Gasteiger partial charge in [0.05, 0.1) is 12.3 Å². The van der Waals surface area contributed by atoms with Crippen LogP contribution in [0.3, 0.4) is 0 Å². The summed E-state index contributed by atoms with van der Waals surface area (Å²) in [5.41, 5.74) is 7.31. The molecule has 0 aliphatic carbocycles. The van der Waals surface area contributed by atoms with E-state index in [1.807, 2.05) is 19.2 Å². The van der Waals surface area contributed by atoms with Gasteiger partial charge in [-0.1, -0.05) is 183 Å². The fraction of sp³-hybridized carbons (Fsp3) is 0.467. The molecule has 3 nitrogen and oxygen atoms in total. The largest absolute Gasteiger partial charge is 0.492 e. The Balaban J connectivity index is 1.25. The number of rotatable bonds is 24. The lowest BCUT2D eigenvalue weighted by atomic mass is 9.96. The Bertz CT molecular complexity index is 1370. The number of ether oxygens (including phenoxy) is 1. The van der Waals surface area contributed by atoms with Crippen LogP contribution in [0.15, 0.2) is 102 Å². The number of benzene rings is 3. The van der Waals surface area contributed by atoms with E-state index in [-0.39, 0.29) is 0 Å². The van der Waals surface area contributed by atoms with Crippen molar-refractivity contribution < 1.29 is 4.74 Å². The molecule has 3 heteroatoms. The summed E-state index contributed by atoms with van der Waals surface area (Å²) in [7, 11) is 0. The van der Waals surface area contributed by atoms with E-state index in [1.54, 1.807) is 6.20 Å². The van der Waals surface area contributed by atoms with Gasteiger partial charge in [0, 0.05) is 34.8 Å². The Kier molecular flexibility index (Phi) is 17.6. The topological polar surface area (TPSA) is 34.5 Å². The average Bonchev–Trinajstić information content (AvgIpc) is 3.13. The van der Waals surface area contributed by atoms with E-state index in [0.29, 0.717) is 0 Å². The van der Waals surface area contributed by atoms with E-state index in [1.165, 1.54) is 109 Å². The molecule has 0 atom stereocenters. The van der Waals surface area contributed by atoms with Crippen molar-refractivity contribution in [1.29, 1.82) is 0 Å². The van der Waals surface area contributed by atoms with Crippen LogP contribution in [-0.2, 0) is 0 Å². The molecule has 4 rings (SSSR count). The summed E-state index contributed by atoms with van der Waals surface area (Å²) >= 11 is 0. The third-order valence-corrected chi connectivity index (χ3v) is 9.36. The van der Waals surface area contributed by atoms with Crippen molar-refractivity contribution in [3.05, 3.63) is 103 Å². The minimum atomic E-state index is 0.718. The van der Waals surface area contributed by atoms with Crippen molar-refractivity contribution >= 4 is 11.4 Å². The van der Waals surface area contributed by atoms with Crippen molar-refractivity contribution in [2.24, 2.45) is 4.99 Å². The molecule has 0 radical (unpaired) electrons. The second-order valence-corrected chi connectivity index (χ2v) is 13.4. The molecule has 48 heavy (non-hydrogen) atoms. The second kappa shape index (κ2) is 22.8. The van der Waals surface area contributed by atoms with Crippen LogP contribution in [-0.4, -0.2) is 17.3 Å². The van der Waals surface area contributed by atoms with Gasteiger partial charge in [0.25, 0.3) is 0 Å². The second-order valence-electron chi connectivity index (χ2n) is 13.4. The third-order valence-electron chi connectivity index (χ3n) is 9.36. The monoisotopic (exact) mass is 644 g/mol. The molecule has 0 bridgehead atoms. The van der Waals surface area contributed by atoms with Crippen molar-refractivity contribution in [3.8, 4) is 28.0 Å². The van der Waals surface area contributed by atoms with Crippen LogP contribution in [0.25, 0.3) is 22.3 Å². The minimum absolute atomic E-state index is 0.718. The Morgan fingerprint density at radius 3 is 1.46 bits per heavy atom. The number of unbranched alkanes of at least 4 members (excludes halogenated alkanes) is 17. The van der Waals surface area contributed by atoms with Gasteiger partial charge in [0.15, 0.2) is 0 Å². The lowest BCUT2D eigenvalue weighted by Gasteiger charge is -2.18. The number of aromatic nitrogens is 1. The molecule has 0 amide bonds. The van der Waals surface area contributed by atoms with Crippen molar-refractivity contribution in [1.82, 2.24) is 4.98 Å². The summed E-state index contributed by atoms with van der Waals surface area (Å²) < 4.78 is 6.69. The van der Waals surface area contributed by atoms with Gasteiger partial charge in [-0.25, -0.2) is 0 Å². The third kappa shape index (κ3) is 13.4. The zero-order chi connectivity index (χ0) is 33.5. The van der Waals surface area contributed by atoms with Crippen LogP contribution in [0.1, 0.15) is 135 Å². The molecule has 0 N–H and O–H groups in total. The molecular formula is C45H60N2O. The maximum atomic E-state index is 6.69. The van der Waals surface area contributed by atoms with Crippen molar-refractivity contribution in [3.63, 3.8) is 0 Å². The summed E-state index contributed by atoms with van der Waals surface area (Å²) in [6, 6.07) is 29.5. The molecule has 1 aromatic heterocycles. The standard InChI is InChI=1S/C45H60N2O/c1-3-4-5-6-7-8-9-10-11-12-13-14-15-16-17-18-19-26-34-48-45-43(39-28-22-20-23-29-39)35-42(36-44(45)40-30-24-21-25-31-40)47-38(2)41-32-27-33-46-37-41/h20-25,27-33,35-37H,3-19,26,34H2,1-2H3. The van der Waals surface area contributed by atoms with Crippen LogP contribution in [0.5, 0.6) is 5.75 Å². The predicted octanol–water partition coefficient (Wildman–Crippen LogP) is 14.0. The average molecular weight is 645 g/mol. The van der Waals surface area contributed by atoms with Gasteiger partial charge in [0.2, 0.25) is 0 Å². The highest BCUT2D eigenvalue weighted by Crippen LogP contribution is 2.42. The fourth-order valence-corrected chi connectivity index (χ4v) is 6.51. The van der Waals surface area contributed by atoms with Crippen LogP contribution in [0, 0.1) is 0 Å². The molecule has 0 saturated carbocycles. The molecule has 1 heterocycles. The summed E-state index contributed by atoms with van der Waals surface area (Å²) in [6.45, 7) is 5.06. The quantitative estimate of drug-likeness (QED) is 0.0562. The molecular weight excluding hydrogens is 585 g/mol. The fourth-order valence-electron chi connectivity index (χ4n) is 6.51. The molecule has 3 aromatic carbocycles. The molecule has 0 aliphatic heterocycles. The maximum absolute atomic E-state index is 6.69. The minimum Gasteiger partial charge on any atom is -0.492 e. The highest BCUT2D eigenvalue weighted by molar-refractivity contribution is 6.00. The van der Waals surface area contributed by atoms with Gasteiger partial charge in [-0.3, -0.25) is 9.98 Å². The first-order valence-electron chi connectivity index (χ1n) is 19.1. The maximum Gasteiger partial charge on any atom is 0.135 e. The zero-order valence-electron chi connectivity index (χ0n) is 30.0. The molecule has 256 valence electrons. The SMILES string of the molecule is CCCCCCCCCCCCCCCCCCCCOc1c(-c2ccccc2)cc(N=C(C)c2cccnc2)cc1-c1ccccc1. The van der Waals surface area contributed by atoms with Crippen LogP contribution < -0.4 is 4.74 Å². The first-order chi connectivity index (χ1) is 23.8. The Hall–Kier alpha value is -3.72. The highest BCUT2D eigenvalue weighted by Gasteiger charge is 2.16. The molecule has 0 spiro atoms. The van der Waals surface area contributed by atoms with E-state index in [9.17, 15) is 0 Å². The molecule has 0 aliphatic rings. The number of nitrogens with zero attached hydrogens (tertiary/aromatic N) is 2. The lowest BCUT2D eigenvalue weighted by molar-refractivity contribution is 0.306. The summed E-state index contributed by atoms with van der Waals surface area (Å²) in [6.07, 6.45) is 28.5. The molecule has 0 unspecified atom stereocenters. The van der Waals surface area contributed by atoms with E-state index in [4.69, 9.17) is 9.73 Å². The van der Waals surface area contributed by atoms with Crippen LogP contribution in [0.4, 0.5) is 5.69 Å². The van der Waals surface area contributed by atoms with Gasteiger partial charge in [0.1, 0.15) is 5.75 Å². The zero-order valence-corrected chi connectivity index (χ0v) is 30.0. The van der Waals surface area contributed by atoms with Gasteiger partial charge >= 0.3 is 0 Å². The number of aliphatic imine (C=N–C) groups is 1. The summed E-state index contributed by atoms with van der Waals surface area (Å²) in [5, 5.41) is 0.